The Bertz CT molecular complexity index is 1210. The van der Waals surface area contributed by atoms with E-state index in [1.54, 1.807) is 22.9 Å². The third-order valence-corrected chi connectivity index (χ3v) is 7.03. The molecule has 0 fully saturated rings. The Labute approximate surface area is 225 Å². The number of sulfonamides is 1. The first-order valence-electron chi connectivity index (χ1n) is 12.1. The Morgan fingerprint density at radius 1 is 0.923 bits per heavy atom. The van der Waals surface area contributed by atoms with Crippen LogP contribution >= 0.6 is 0 Å². The monoisotopic (exact) mass is 567 g/mol. The molecule has 0 radical (unpaired) electrons. The van der Waals surface area contributed by atoms with Crippen LogP contribution in [0.3, 0.4) is 0 Å². The van der Waals surface area contributed by atoms with Gasteiger partial charge in [-0.1, -0.05) is 12.1 Å². The normalized spacial score (nSPS) is 11.7. The lowest BCUT2D eigenvalue weighted by Gasteiger charge is -2.34. The van der Waals surface area contributed by atoms with E-state index in [4.69, 9.17) is 20.5 Å². The van der Waals surface area contributed by atoms with E-state index in [0.717, 1.165) is 5.56 Å². The minimum absolute atomic E-state index is 0.0254. The summed E-state index contributed by atoms with van der Waals surface area (Å²) in [4.78, 5) is 50.8. The van der Waals surface area contributed by atoms with Crippen molar-refractivity contribution in [3.8, 4) is 0 Å². The number of carbonyl (C=O) groups excluding carboxylic acids is 1. The van der Waals surface area contributed by atoms with Crippen LogP contribution in [-0.4, -0.2) is 69.2 Å². The topological polar surface area (TPSA) is 231 Å². The highest BCUT2D eigenvalue weighted by Crippen LogP contribution is 2.26. The van der Waals surface area contributed by atoms with Gasteiger partial charge in [0.15, 0.2) is 0 Å². The molecule has 0 unspecified atom stereocenters. The lowest BCUT2D eigenvalue weighted by atomic mass is 9.83. The molecule has 0 saturated carbocycles. The highest BCUT2D eigenvalue weighted by atomic mass is 32.2. The molecule has 2 rings (SSSR count). The SMILES string of the molecule is NS(=O)(=O)c1ccc(CCNCc2nccn2CC(=O)NC(CCC(=O)O)(CCC(=O)O)CCC(=O)O)cc1. The first kappa shape index (κ1) is 31.4. The molecule has 0 aliphatic heterocycles. The Kier molecular flexibility index (Phi) is 11.6. The second-order valence-electron chi connectivity index (χ2n) is 9.10. The van der Waals surface area contributed by atoms with Gasteiger partial charge in [-0.05, 0) is 49.9 Å². The van der Waals surface area contributed by atoms with Gasteiger partial charge in [-0.15, -0.1) is 0 Å². The van der Waals surface area contributed by atoms with Crippen LogP contribution in [0.2, 0.25) is 0 Å². The summed E-state index contributed by atoms with van der Waals surface area (Å²) in [7, 11) is -3.76. The predicted molar refractivity (Wildman–Crippen MR) is 137 cm³/mol. The summed E-state index contributed by atoms with van der Waals surface area (Å²) in [6.07, 6.45) is 2.20. The molecule has 214 valence electrons. The third-order valence-electron chi connectivity index (χ3n) is 6.10. The van der Waals surface area contributed by atoms with Crippen LogP contribution < -0.4 is 15.8 Å². The lowest BCUT2D eigenvalue weighted by molar-refractivity contribution is -0.139. The molecule has 0 aliphatic carbocycles. The molecule has 0 aliphatic rings. The molecule has 0 atom stereocenters. The lowest BCUT2D eigenvalue weighted by Crippen LogP contribution is -2.50. The Morgan fingerprint density at radius 3 is 1.95 bits per heavy atom. The first-order valence-corrected chi connectivity index (χ1v) is 13.6. The standard InChI is InChI=1S/C24H33N5O9S/c25-39(37,38)18-3-1-17(2-4-18)8-12-26-15-19-27-13-14-29(19)16-20(30)28-24(9-5-21(31)32,10-6-22(33)34)11-7-23(35)36/h1-4,13-14,26H,5-12,15-16H2,(H,28,30)(H,31,32)(H,33,34)(H,35,36)(H2,25,37,38). The number of nitrogens with zero attached hydrogens (tertiary/aromatic N) is 2. The van der Waals surface area contributed by atoms with Crippen molar-refractivity contribution >= 4 is 33.8 Å². The zero-order valence-electron chi connectivity index (χ0n) is 21.2. The van der Waals surface area contributed by atoms with E-state index < -0.39 is 39.4 Å². The van der Waals surface area contributed by atoms with E-state index in [1.165, 1.54) is 18.3 Å². The number of carboxylic acids is 3. The molecule has 2 aromatic rings. The summed E-state index contributed by atoms with van der Waals surface area (Å²) < 4.78 is 24.3. The predicted octanol–water partition coefficient (Wildman–Crippen LogP) is 0.312. The summed E-state index contributed by atoms with van der Waals surface area (Å²) in [5, 5.41) is 38.4. The van der Waals surface area contributed by atoms with Gasteiger partial charge in [0.1, 0.15) is 12.4 Å². The maximum absolute atomic E-state index is 13.0. The largest absolute Gasteiger partial charge is 0.481 e. The van der Waals surface area contributed by atoms with Crippen molar-refractivity contribution in [1.29, 1.82) is 0 Å². The number of aromatic nitrogens is 2. The summed E-state index contributed by atoms with van der Waals surface area (Å²) in [5.41, 5.74) is -0.428. The number of imidazole rings is 1. The van der Waals surface area contributed by atoms with E-state index in [-0.39, 0.29) is 50.0 Å². The van der Waals surface area contributed by atoms with E-state index in [1.807, 2.05) is 0 Å². The zero-order chi connectivity index (χ0) is 29.1. The summed E-state index contributed by atoms with van der Waals surface area (Å²) >= 11 is 0. The number of hydrogen-bond donors (Lipinski definition) is 6. The number of aliphatic carboxylic acids is 3. The van der Waals surface area contributed by atoms with Gasteiger partial charge in [-0.3, -0.25) is 19.2 Å². The second kappa shape index (κ2) is 14.4. The molecular formula is C24H33N5O9S. The van der Waals surface area contributed by atoms with E-state index >= 15 is 0 Å². The number of primary sulfonamides is 1. The van der Waals surface area contributed by atoms with Crippen molar-refractivity contribution in [2.75, 3.05) is 6.54 Å². The van der Waals surface area contributed by atoms with Gasteiger partial charge in [-0.2, -0.15) is 0 Å². The molecule has 0 saturated heterocycles. The van der Waals surface area contributed by atoms with Crippen molar-refractivity contribution in [1.82, 2.24) is 20.2 Å². The van der Waals surface area contributed by atoms with Crippen LogP contribution in [0.4, 0.5) is 0 Å². The molecule has 0 bridgehead atoms. The Hall–Kier alpha value is -3.82. The maximum atomic E-state index is 13.0. The number of carboxylic acid groups (broad SMARTS) is 3. The molecule has 1 heterocycles. The minimum atomic E-state index is -3.76. The van der Waals surface area contributed by atoms with Crippen molar-refractivity contribution in [3.63, 3.8) is 0 Å². The average Bonchev–Trinajstić information content (AvgIpc) is 3.28. The van der Waals surface area contributed by atoms with E-state index in [0.29, 0.717) is 25.3 Å². The molecular weight excluding hydrogens is 534 g/mol. The number of benzene rings is 1. The van der Waals surface area contributed by atoms with Gasteiger partial charge in [0.25, 0.3) is 0 Å². The smallest absolute Gasteiger partial charge is 0.303 e. The molecule has 0 spiro atoms. The van der Waals surface area contributed by atoms with Crippen molar-refractivity contribution in [2.24, 2.45) is 5.14 Å². The van der Waals surface area contributed by atoms with Gasteiger partial charge in [0.2, 0.25) is 15.9 Å². The summed E-state index contributed by atoms with van der Waals surface area (Å²) in [6, 6.07) is 6.19. The Balaban J connectivity index is 2.00. The van der Waals surface area contributed by atoms with Gasteiger partial charge >= 0.3 is 17.9 Å². The van der Waals surface area contributed by atoms with Crippen LogP contribution in [0.5, 0.6) is 0 Å². The molecule has 39 heavy (non-hydrogen) atoms. The number of carbonyl (C=O) groups is 4. The minimum Gasteiger partial charge on any atom is -0.481 e. The molecule has 14 nitrogen and oxygen atoms in total. The number of nitrogens with one attached hydrogen (secondary N) is 2. The van der Waals surface area contributed by atoms with Crippen LogP contribution in [0.25, 0.3) is 0 Å². The van der Waals surface area contributed by atoms with Gasteiger partial charge in [0.05, 0.1) is 11.4 Å². The number of amides is 1. The van der Waals surface area contributed by atoms with Crippen molar-refractivity contribution in [2.45, 2.75) is 68.5 Å². The van der Waals surface area contributed by atoms with Gasteiger partial charge in [-0.25, -0.2) is 18.5 Å². The Morgan fingerprint density at radius 2 is 1.46 bits per heavy atom. The van der Waals surface area contributed by atoms with Gasteiger partial charge in [0, 0.05) is 37.2 Å². The molecule has 1 amide bonds. The van der Waals surface area contributed by atoms with Gasteiger partial charge < -0.3 is 30.5 Å². The van der Waals surface area contributed by atoms with Crippen LogP contribution in [0.15, 0.2) is 41.6 Å². The fraction of sp³-hybridized carbons (Fsp3) is 0.458. The third kappa shape index (κ3) is 11.2. The molecule has 7 N–H and O–H groups in total. The van der Waals surface area contributed by atoms with Crippen LogP contribution in [-0.2, 0) is 48.7 Å². The number of nitrogens with two attached hydrogens (primary N) is 1. The molecule has 1 aromatic heterocycles. The molecule has 15 heteroatoms. The fourth-order valence-electron chi connectivity index (χ4n) is 4.02. The number of rotatable bonds is 18. The molecule has 1 aromatic carbocycles. The fourth-order valence-corrected chi connectivity index (χ4v) is 4.54. The average molecular weight is 568 g/mol. The summed E-state index contributed by atoms with van der Waals surface area (Å²) in [5.74, 6) is -3.46. The highest BCUT2D eigenvalue weighted by molar-refractivity contribution is 7.89. The van der Waals surface area contributed by atoms with Crippen LogP contribution in [0.1, 0.15) is 49.9 Å². The number of hydrogen-bond acceptors (Lipinski definition) is 8. The zero-order valence-corrected chi connectivity index (χ0v) is 22.0. The highest BCUT2D eigenvalue weighted by Gasteiger charge is 2.33. The van der Waals surface area contributed by atoms with Crippen LogP contribution in [0, 0.1) is 0 Å². The van der Waals surface area contributed by atoms with Crippen molar-refractivity contribution in [3.05, 3.63) is 48.0 Å². The first-order chi connectivity index (χ1) is 18.3. The van der Waals surface area contributed by atoms with E-state index in [9.17, 15) is 27.6 Å². The quantitative estimate of drug-likeness (QED) is 0.134. The van der Waals surface area contributed by atoms with Crippen molar-refractivity contribution < 1.29 is 42.9 Å². The maximum Gasteiger partial charge on any atom is 0.303 e. The van der Waals surface area contributed by atoms with E-state index in [2.05, 4.69) is 15.6 Å². The second-order valence-corrected chi connectivity index (χ2v) is 10.7. The summed E-state index contributed by atoms with van der Waals surface area (Å²) in [6.45, 7) is 0.634.